The number of para-hydroxylation sites is 1. The maximum Gasteiger partial charge on any atom is 0.191 e. The van der Waals surface area contributed by atoms with E-state index in [1.54, 1.807) is 11.3 Å². The van der Waals surface area contributed by atoms with Crippen molar-refractivity contribution >= 4 is 64.6 Å². The Bertz CT molecular complexity index is 2350. The molecule has 0 unspecified atom stereocenters. The lowest BCUT2D eigenvalue weighted by Crippen LogP contribution is -2.10. The molecule has 0 atom stereocenters. The summed E-state index contributed by atoms with van der Waals surface area (Å²) in [6, 6.07) is 25.2. The van der Waals surface area contributed by atoms with Crippen LogP contribution in [0, 0.1) is 13.8 Å². The highest BCUT2D eigenvalue weighted by Gasteiger charge is 2.20. The highest BCUT2D eigenvalue weighted by Crippen LogP contribution is 2.43. The average Bonchev–Trinajstić information content (AvgIpc) is 3.61. The molecule has 0 radical (unpaired) electrons. The van der Waals surface area contributed by atoms with Crippen LogP contribution in [0.5, 0.6) is 11.5 Å². The molecule has 0 saturated heterocycles. The normalized spacial score (nSPS) is 12.4. The second-order valence-electron chi connectivity index (χ2n) is 12.1. The largest absolute Gasteiger partial charge is 0.457 e. The van der Waals surface area contributed by atoms with Crippen LogP contribution in [0.2, 0.25) is 0 Å². The van der Waals surface area contributed by atoms with Crippen molar-refractivity contribution in [3.05, 3.63) is 102 Å². The summed E-state index contributed by atoms with van der Waals surface area (Å²) in [4.78, 5) is 10.6. The number of aryl methyl sites for hydroxylation is 2. The monoisotopic (exact) mass is 567 g/mol. The maximum atomic E-state index is 6.50. The number of nitrogens with zero attached hydrogens (tertiary/aromatic N) is 3. The molecule has 0 bridgehead atoms. The van der Waals surface area contributed by atoms with Gasteiger partial charge in [0.05, 0.1) is 26.6 Å². The van der Waals surface area contributed by atoms with E-state index in [0.717, 1.165) is 65.2 Å². The summed E-state index contributed by atoms with van der Waals surface area (Å²) in [5, 5.41) is 4.41. The van der Waals surface area contributed by atoms with Gasteiger partial charge in [0.2, 0.25) is 0 Å². The third kappa shape index (κ3) is 3.82. The lowest BCUT2D eigenvalue weighted by atomic mass is 9.88. The van der Waals surface area contributed by atoms with E-state index in [-0.39, 0.29) is 5.41 Å². The molecule has 42 heavy (non-hydrogen) atoms. The lowest BCUT2D eigenvalue weighted by Gasteiger charge is -2.18. The third-order valence-electron chi connectivity index (χ3n) is 8.25. The SMILES string of the molecule is Cc1cnc(-n2c3ccccc3c3ccc(Oc4ccc5oc6sc7cc(C(C)(C)C)cnc7c6c5c4)cc32)cc1C. The summed E-state index contributed by atoms with van der Waals surface area (Å²) in [6.07, 6.45) is 3.94. The van der Waals surface area contributed by atoms with Crippen LogP contribution < -0.4 is 4.74 Å². The molecule has 8 rings (SSSR count). The van der Waals surface area contributed by atoms with Crippen molar-refractivity contribution in [2.45, 2.75) is 40.0 Å². The fourth-order valence-corrected chi connectivity index (χ4v) is 6.84. The molecule has 0 aliphatic rings. The molecule has 3 aromatic carbocycles. The van der Waals surface area contributed by atoms with Crippen LogP contribution in [0.4, 0.5) is 0 Å². The number of fused-ring (bicyclic) bond motifs is 8. The Morgan fingerprint density at radius 3 is 2.38 bits per heavy atom. The standard InChI is InChI=1S/C36H29N3O2S/c1-20-14-32(37-18-21(20)2)39-28-9-7-6-8-25(28)26-12-10-24(17-29(26)39)40-23-11-13-30-27(16-23)33-34-31(42-35(33)41-30)15-22(19-38-34)36(3,4)5/h6-19H,1-5H3. The number of thiophene rings is 1. The molecule has 0 N–H and O–H groups in total. The highest BCUT2D eigenvalue weighted by atomic mass is 32.1. The number of benzene rings is 3. The highest BCUT2D eigenvalue weighted by molar-refractivity contribution is 7.25. The predicted molar refractivity (Wildman–Crippen MR) is 174 cm³/mol. The Kier molecular flexibility index (Phi) is 5.32. The summed E-state index contributed by atoms with van der Waals surface area (Å²) in [5.41, 5.74) is 7.63. The van der Waals surface area contributed by atoms with Crippen molar-refractivity contribution in [3.8, 4) is 17.3 Å². The lowest BCUT2D eigenvalue weighted by molar-refractivity contribution is 0.484. The van der Waals surface area contributed by atoms with Gasteiger partial charge in [0.15, 0.2) is 4.90 Å². The zero-order valence-corrected chi connectivity index (χ0v) is 25.0. The van der Waals surface area contributed by atoms with Crippen molar-refractivity contribution in [2.75, 3.05) is 0 Å². The van der Waals surface area contributed by atoms with E-state index in [1.807, 2.05) is 30.6 Å². The number of hydrogen-bond donors (Lipinski definition) is 0. The van der Waals surface area contributed by atoms with Crippen LogP contribution in [-0.2, 0) is 5.41 Å². The fraction of sp³-hybridized carbons (Fsp3) is 0.167. The summed E-state index contributed by atoms with van der Waals surface area (Å²) in [5.74, 6) is 2.41. The molecular weight excluding hydrogens is 538 g/mol. The molecule has 5 heterocycles. The Hall–Kier alpha value is -4.68. The van der Waals surface area contributed by atoms with Crippen molar-refractivity contribution in [1.82, 2.24) is 14.5 Å². The molecule has 206 valence electrons. The molecule has 0 aliphatic carbocycles. The number of aromatic nitrogens is 3. The van der Waals surface area contributed by atoms with Gasteiger partial charge >= 0.3 is 0 Å². The van der Waals surface area contributed by atoms with Crippen LogP contribution in [0.3, 0.4) is 0 Å². The number of rotatable bonds is 3. The van der Waals surface area contributed by atoms with Gasteiger partial charge in [0.1, 0.15) is 22.9 Å². The minimum Gasteiger partial charge on any atom is -0.457 e. The van der Waals surface area contributed by atoms with E-state index in [9.17, 15) is 0 Å². The van der Waals surface area contributed by atoms with Crippen LogP contribution in [0.25, 0.3) is 59.1 Å². The first-order valence-corrected chi connectivity index (χ1v) is 15.0. The van der Waals surface area contributed by atoms with E-state index < -0.39 is 0 Å². The van der Waals surface area contributed by atoms with Gasteiger partial charge in [0, 0.05) is 34.6 Å². The van der Waals surface area contributed by atoms with Gasteiger partial charge in [-0.2, -0.15) is 0 Å². The topological polar surface area (TPSA) is 53.1 Å². The summed E-state index contributed by atoms with van der Waals surface area (Å²) >= 11 is 1.65. The zero-order valence-electron chi connectivity index (χ0n) is 24.1. The molecule has 0 saturated carbocycles. The zero-order chi connectivity index (χ0) is 28.7. The van der Waals surface area contributed by atoms with Gasteiger partial charge in [-0.25, -0.2) is 4.98 Å². The van der Waals surface area contributed by atoms with E-state index in [4.69, 9.17) is 19.1 Å². The van der Waals surface area contributed by atoms with Crippen LogP contribution in [0.1, 0.15) is 37.5 Å². The first-order valence-electron chi connectivity index (χ1n) is 14.1. The summed E-state index contributed by atoms with van der Waals surface area (Å²) in [6.45, 7) is 10.8. The molecular formula is C36H29N3O2S. The number of pyridine rings is 2. The van der Waals surface area contributed by atoms with Crippen LogP contribution in [-0.4, -0.2) is 14.5 Å². The minimum absolute atomic E-state index is 0.0382. The van der Waals surface area contributed by atoms with Crippen molar-refractivity contribution < 1.29 is 9.15 Å². The molecule has 5 nitrogen and oxygen atoms in total. The van der Waals surface area contributed by atoms with Crippen molar-refractivity contribution in [1.29, 1.82) is 0 Å². The number of hydrogen-bond acceptors (Lipinski definition) is 5. The first-order chi connectivity index (χ1) is 20.2. The Labute approximate surface area is 247 Å². The first kappa shape index (κ1) is 25.1. The molecule has 6 heteroatoms. The van der Waals surface area contributed by atoms with Gasteiger partial charge in [-0.3, -0.25) is 9.55 Å². The second-order valence-corrected chi connectivity index (χ2v) is 13.1. The van der Waals surface area contributed by atoms with Gasteiger partial charge in [-0.1, -0.05) is 50.3 Å². The second kappa shape index (κ2) is 8.91. The summed E-state index contributed by atoms with van der Waals surface area (Å²) in [7, 11) is 0. The van der Waals surface area contributed by atoms with E-state index in [2.05, 4.69) is 93.8 Å². The molecule has 8 aromatic rings. The quantitative estimate of drug-likeness (QED) is 0.213. The molecule has 5 aromatic heterocycles. The Morgan fingerprint density at radius 1 is 0.762 bits per heavy atom. The van der Waals surface area contributed by atoms with Crippen molar-refractivity contribution in [2.24, 2.45) is 0 Å². The van der Waals surface area contributed by atoms with Gasteiger partial charge in [-0.15, -0.1) is 0 Å². The summed E-state index contributed by atoms with van der Waals surface area (Å²) < 4.78 is 16.1. The minimum atomic E-state index is 0.0382. The molecule has 0 aliphatic heterocycles. The van der Waals surface area contributed by atoms with Gasteiger partial charge in [-0.05, 0) is 84.5 Å². The maximum absolute atomic E-state index is 6.50. The number of ether oxygens (including phenoxy) is 1. The van der Waals surface area contributed by atoms with Gasteiger partial charge in [0.25, 0.3) is 0 Å². The Balaban J connectivity index is 1.25. The molecule has 0 amide bonds. The number of furan rings is 1. The van der Waals surface area contributed by atoms with Crippen LogP contribution >= 0.6 is 11.3 Å². The molecule has 0 spiro atoms. The predicted octanol–water partition coefficient (Wildman–Crippen LogP) is 10.4. The molecule has 0 fully saturated rings. The van der Waals surface area contributed by atoms with Crippen LogP contribution in [0.15, 0.2) is 89.6 Å². The fourth-order valence-electron chi connectivity index (χ4n) is 5.76. The van der Waals surface area contributed by atoms with Gasteiger partial charge < -0.3 is 9.15 Å². The van der Waals surface area contributed by atoms with E-state index >= 15 is 0 Å². The Morgan fingerprint density at radius 2 is 1.55 bits per heavy atom. The van der Waals surface area contributed by atoms with E-state index in [0.29, 0.717) is 0 Å². The third-order valence-corrected chi connectivity index (χ3v) is 9.26. The van der Waals surface area contributed by atoms with Crippen molar-refractivity contribution in [3.63, 3.8) is 0 Å². The average molecular weight is 568 g/mol. The smallest absolute Gasteiger partial charge is 0.191 e. The van der Waals surface area contributed by atoms with E-state index in [1.165, 1.54) is 22.1 Å².